The van der Waals surface area contributed by atoms with Crippen molar-refractivity contribution < 1.29 is 37.0 Å². The van der Waals surface area contributed by atoms with Gasteiger partial charge in [-0.2, -0.15) is 13.2 Å². The number of carbonyl (C=O) groups excluding carboxylic acids is 4. The molecule has 3 fully saturated rings. The van der Waals surface area contributed by atoms with Crippen molar-refractivity contribution in [3.05, 3.63) is 70.5 Å². The molecule has 1 unspecified atom stereocenters. The Morgan fingerprint density at radius 1 is 0.980 bits per heavy atom. The largest absolute Gasteiger partial charge is 0.418 e. The molecule has 12 nitrogen and oxygen atoms in total. The van der Waals surface area contributed by atoms with Crippen LogP contribution in [0.2, 0.25) is 0 Å². The third-order valence-electron chi connectivity index (χ3n) is 10.8. The van der Waals surface area contributed by atoms with Crippen molar-refractivity contribution in [1.82, 2.24) is 25.8 Å². The third kappa shape index (κ3) is 6.77. The molecule has 2 heterocycles. The Bertz CT molecular complexity index is 1860. The van der Waals surface area contributed by atoms with E-state index >= 15 is 0 Å². The number of aryl methyl sites for hydroxylation is 1. The lowest BCUT2D eigenvalue weighted by molar-refractivity contribution is -0.137. The predicted molar refractivity (Wildman–Crippen MR) is 178 cm³/mol. The van der Waals surface area contributed by atoms with Gasteiger partial charge in [-0.05, 0) is 96.8 Å². The highest BCUT2D eigenvalue weighted by Crippen LogP contribution is 2.51. The molecule has 7 rings (SSSR count). The highest BCUT2D eigenvalue weighted by Gasteiger charge is 2.54. The van der Waals surface area contributed by atoms with Crippen LogP contribution in [0.3, 0.4) is 0 Å². The number of hydrogen-bond acceptors (Lipinski definition) is 7. The average Bonchev–Trinajstić information content (AvgIpc) is 3.98. The van der Waals surface area contributed by atoms with Crippen molar-refractivity contribution in [3.8, 4) is 0 Å². The Kier molecular flexibility index (Phi) is 8.78. The molecule has 51 heavy (non-hydrogen) atoms. The number of fused-ring (bicyclic) bond motifs is 1. The van der Waals surface area contributed by atoms with E-state index in [1.54, 1.807) is 25.1 Å². The smallest absolute Gasteiger partial charge is 0.338 e. The van der Waals surface area contributed by atoms with Crippen molar-refractivity contribution in [2.75, 3.05) is 17.2 Å². The standard InChI is InChI=1S/C36H40F3N7O5/c1-18(2)27-17-46(34(50)42-27)35(33(49)41-26-7-5-4-6-25(26)36(37,38)39)15-22-12-13-24(14-23(22)16-35)40-32(48)30(28(20-8-9-20)21-10-11-21)43-31(47)29-19(3)44-51-45-29/h4-7,12-14,18,20-21,27-28,30H,8-11,15-17H2,1-3H3,(H,40,48)(H,41,49)(H,42,50)(H,43,47)/t27-,30-,35?/m0/s1. The van der Waals surface area contributed by atoms with E-state index in [1.165, 1.54) is 23.1 Å². The minimum atomic E-state index is -4.71. The van der Waals surface area contributed by atoms with Crippen LogP contribution in [0.4, 0.5) is 29.3 Å². The number of halogens is 3. The first kappa shape index (κ1) is 34.5. The summed E-state index contributed by atoms with van der Waals surface area (Å²) in [6.07, 6.45) is -0.740. The Morgan fingerprint density at radius 2 is 1.67 bits per heavy atom. The number of nitrogens with one attached hydrogen (secondary N) is 4. The van der Waals surface area contributed by atoms with E-state index in [2.05, 4.69) is 31.6 Å². The number of anilines is 2. The van der Waals surface area contributed by atoms with Crippen molar-refractivity contribution in [2.24, 2.45) is 23.7 Å². The molecule has 1 aliphatic heterocycles. The molecule has 2 saturated carbocycles. The fourth-order valence-corrected chi connectivity index (χ4v) is 7.69. The maximum Gasteiger partial charge on any atom is 0.418 e. The molecule has 4 N–H and O–H groups in total. The number of amides is 5. The second kappa shape index (κ2) is 13.0. The lowest BCUT2D eigenvalue weighted by atomic mass is 9.88. The number of para-hydroxylation sites is 1. The van der Waals surface area contributed by atoms with Crippen molar-refractivity contribution in [2.45, 2.75) is 83.1 Å². The number of urea groups is 1. The molecule has 15 heteroatoms. The fraction of sp³-hybridized carbons (Fsp3) is 0.500. The molecule has 2 aromatic carbocycles. The van der Waals surface area contributed by atoms with Gasteiger partial charge in [0.15, 0.2) is 5.69 Å². The van der Waals surface area contributed by atoms with Crippen molar-refractivity contribution in [1.29, 1.82) is 0 Å². The number of nitrogens with zero attached hydrogens (tertiary/aromatic N) is 3. The van der Waals surface area contributed by atoms with Crippen molar-refractivity contribution >= 4 is 35.1 Å². The van der Waals surface area contributed by atoms with Crippen LogP contribution < -0.4 is 21.3 Å². The zero-order chi connectivity index (χ0) is 36.2. The minimum Gasteiger partial charge on any atom is -0.338 e. The quantitative estimate of drug-likeness (QED) is 0.216. The van der Waals surface area contributed by atoms with Crippen LogP contribution in [0.1, 0.15) is 72.4 Å². The predicted octanol–water partition coefficient (Wildman–Crippen LogP) is 5.10. The zero-order valence-corrected chi connectivity index (χ0v) is 28.5. The summed E-state index contributed by atoms with van der Waals surface area (Å²) in [6, 6.07) is 8.34. The normalized spacial score (nSPS) is 22.2. The lowest BCUT2D eigenvalue weighted by Crippen LogP contribution is -2.59. The van der Waals surface area contributed by atoms with Gasteiger partial charge in [0.1, 0.15) is 17.3 Å². The summed E-state index contributed by atoms with van der Waals surface area (Å²) < 4.78 is 46.4. The summed E-state index contributed by atoms with van der Waals surface area (Å²) in [6.45, 7) is 5.66. The molecule has 3 atom stereocenters. The van der Waals surface area contributed by atoms with Crippen LogP contribution >= 0.6 is 0 Å². The molecule has 270 valence electrons. The maximum absolute atomic E-state index is 14.3. The molecule has 3 aliphatic carbocycles. The molecule has 0 spiro atoms. The SMILES string of the molecule is Cc1nonc1C(=O)N[C@H](C(=O)Nc1ccc2c(c1)CC(C(=O)Nc1ccccc1C(F)(F)F)(N1C[C@@H](C(C)C)NC1=O)C2)C(C1CC1)C1CC1. The molecular formula is C36H40F3N7O5. The van der Waals surface area contributed by atoms with E-state index < -0.39 is 52.8 Å². The number of hydrogen-bond donors (Lipinski definition) is 4. The number of benzene rings is 2. The lowest BCUT2D eigenvalue weighted by Gasteiger charge is -2.37. The van der Waals surface area contributed by atoms with Gasteiger partial charge in [-0.15, -0.1) is 0 Å². The number of aromatic nitrogens is 2. The second-order valence-electron chi connectivity index (χ2n) is 14.7. The molecule has 4 aliphatic rings. The fourth-order valence-electron chi connectivity index (χ4n) is 7.69. The number of carbonyl (C=O) groups is 4. The maximum atomic E-state index is 14.3. The average molecular weight is 708 g/mol. The van der Waals surface area contributed by atoms with Crippen LogP contribution in [-0.4, -0.2) is 63.1 Å². The van der Waals surface area contributed by atoms with Crippen LogP contribution in [0.25, 0.3) is 0 Å². The summed E-state index contributed by atoms with van der Waals surface area (Å²) in [4.78, 5) is 56.3. The van der Waals surface area contributed by atoms with Gasteiger partial charge in [-0.3, -0.25) is 14.4 Å². The highest BCUT2D eigenvalue weighted by molar-refractivity contribution is 6.03. The Hall–Kier alpha value is -4.95. The molecule has 1 aromatic heterocycles. The molecule has 1 saturated heterocycles. The monoisotopic (exact) mass is 707 g/mol. The summed E-state index contributed by atoms with van der Waals surface area (Å²) >= 11 is 0. The van der Waals surface area contributed by atoms with Crippen LogP contribution in [0.15, 0.2) is 47.1 Å². The van der Waals surface area contributed by atoms with E-state index in [1.807, 2.05) is 13.8 Å². The van der Waals surface area contributed by atoms with Crippen LogP contribution in [-0.2, 0) is 28.6 Å². The molecule has 3 aromatic rings. The van der Waals surface area contributed by atoms with E-state index in [9.17, 15) is 32.3 Å². The van der Waals surface area contributed by atoms with Crippen molar-refractivity contribution in [3.63, 3.8) is 0 Å². The summed E-state index contributed by atoms with van der Waals surface area (Å²) in [5, 5.41) is 18.7. The second-order valence-corrected chi connectivity index (χ2v) is 14.7. The first-order valence-electron chi connectivity index (χ1n) is 17.3. The molecular weight excluding hydrogens is 667 g/mol. The van der Waals surface area contributed by atoms with Gasteiger partial charge >= 0.3 is 12.2 Å². The van der Waals surface area contributed by atoms with Gasteiger partial charge in [0.2, 0.25) is 5.91 Å². The van der Waals surface area contributed by atoms with Crippen LogP contribution in [0.5, 0.6) is 0 Å². The molecule has 5 amide bonds. The van der Waals surface area contributed by atoms with Gasteiger partial charge in [-0.1, -0.05) is 37.2 Å². The van der Waals surface area contributed by atoms with E-state index in [0.29, 0.717) is 28.8 Å². The van der Waals surface area contributed by atoms with E-state index in [0.717, 1.165) is 37.3 Å². The number of rotatable bonds is 11. The minimum absolute atomic E-state index is 0.00815. The van der Waals surface area contributed by atoms with Gasteiger partial charge in [0.25, 0.3) is 11.8 Å². The summed E-state index contributed by atoms with van der Waals surface area (Å²) in [7, 11) is 0. The Morgan fingerprint density at radius 3 is 2.27 bits per heavy atom. The first-order chi connectivity index (χ1) is 24.2. The van der Waals surface area contributed by atoms with Gasteiger partial charge in [0.05, 0.1) is 17.3 Å². The molecule has 0 radical (unpaired) electrons. The summed E-state index contributed by atoms with van der Waals surface area (Å²) in [5.41, 5.74) is -0.808. The summed E-state index contributed by atoms with van der Waals surface area (Å²) in [5.74, 6) is -1.07. The first-order valence-corrected chi connectivity index (χ1v) is 17.3. The highest BCUT2D eigenvalue weighted by atomic mass is 19.4. The number of alkyl halides is 3. The Labute approximate surface area is 292 Å². The Balaban J connectivity index is 1.16. The topological polar surface area (TPSA) is 159 Å². The van der Waals surface area contributed by atoms with E-state index in [4.69, 9.17) is 4.63 Å². The van der Waals surface area contributed by atoms with Crippen LogP contribution in [0, 0.1) is 30.6 Å². The van der Waals surface area contributed by atoms with Gasteiger partial charge in [0, 0.05) is 25.1 Å². The van der Waals surface area contributed by atoms with E-state index in [-0.39, 0.29) is 43.0 Å². The third-order valence-corrected chi connectivity index (χ3v) is 10.8. The molecule has 0 bridgehead atoms. The zero-order valence-electron chi connectivity index (χ0n) is 28.5. The van der Waals surface area contributed by atoms with Gasteiger partial charge < -0.3 is 26.2 Å². The van der Waals surface area contributed by atoms with Gasteiger partial charge in [-0.25, -0.2) is 9.42 Å².